The molecule has 1 heterocycles. The van der Waals surface area contributed by atoms with Crippen LogP contribution in [-0.4, -0.2) is 0 Å². The first-order chi connectivity index (χ1) is 27.7. The van der Waals surface area contributed by atoms with Gasteiger partial charge in [0.2, 0.25) is 0 Å². The predicted molar refractivity (Wildman–Crippen MR) is 237 cm³/mol. The maximum atomic E-state index is 6.69. The number of rotatable bonds is 6. The van der Waals surface area contributed by atoms with Gasteiger partial charge in [-0.3, -0.25) is 0 Å². The fraction of sp³-hybridized carbons (Fsp3) is 0.0909. The van der Waals surface area contributed by atoms with E-state index in [1.54, 1.807) is 0 Å². The summed E-state index contributed by atoms with van der Waals surface area (Å²) in [5, 5.41) is 7.70. The van der Waals surface area contributed by atoms with Gasteiger partial charge in [0.25, 0.3) is 0 Å². The molecule has 0 spiro atoms. The SMILES string of the molecule is CCc1ccccc1-c1cccc(-c2ccc(-c3cccc4c3oc3ccccc34)c(-c3ccc4c5c3ccc3ccc(-c6ccccc6)c(c35)CC4)c2)c1C. The molecule has 1 nitrogen and oxygen atoms in total. The van der Waals surface area contributed by atoms with Gasteiger partial charge in [-0.1, -0.05) is 165 Å². The molecule has 0 amide bonds. The smallest absolute Gasteiger partial charge is 0.143 e. The van der Waals surface area contributed by atoms with Crippen LogP contribution in [0.2, 0.25) is 0 Å². The maximum absolute atomic E-state index is 6.69. The summed E-state index contributed by atoms with van der Waals surface area (Å²) >= 11 is 0. The number of aryl methyl sites for hydroxylation is 3. The zero-order valence-corrected chi connectivity index (χ0v) is 31.7. The normalized spacial score (nSPS) is 12.4. The average molecular weight is 717 g/mol. The lowest BCUT2D eigenvalue weighted by molar-refractivity contribution is 0.670. The van der Waals surface area contributed by atoms with Gasteiger partial charge in [-0.2, -0.15) is 0 Å². The van der Waals surface area contributed by atoms with Crippen LogP contribution in [0, 0.1) is 6.92 Å². The summed E-state index contributed by atoms with van der Waals surface area (Å²) < 4.78 is 6.69. The Morgan fingerprint density at radius 2 is 1.16 bits per heavy atom. The van der Waals surface area contributed by atoms with Gasteiger partial charge in [0.1, 0.15) is 11.2 Å². The highest BCUT2D eigenvalue weighted by atomic mass is 16.3. The minimum atomic E-state index is 0.915. The van der Waals surface area contributed by atoms with Crippen molar-refractivity contribution in [2.24, 2.45) is 0 Å². The summed E-state index contributed by atoms with van der Waals surface area (Å²) in [6.07, 6.45) is 3.07. The standard InChI is InChI=1S/C55H40O/c1-3-35-13-7-8-16-42(35)41-19-11-18-40(34(41)2)39-27-30-45(49-20-12-21-50-46-17-9-10-22-52(46)56-55(49)50)51(33-39)44-29-24-38-25-31-47-43(36-14-5-4-6-15-36)28-23-37-26-32-48(44)54(38)53(37)47/h4-24,26-30,32-33H,3,25,31H2,1-2H3. The summed E-state index contributed by atoms with van der Waals surface area (Å²) in [4.78, 5) is 0. The van der Waals surface area contributed by atoms with E-state index < -0.39 is 0 Å². The molecule has 11 rings (SSSR count). The first-order valence-corrected chi connectivity index (χ1v) is 19.9. The Labute approximate surface area is 327 Å². The number of hydrogen-bond donors (Lipinski definition) is 0. The molecule has 0 radical (unpaired) electrons. The van der Waals surface area contributed by atoms with Crippen molar-refractivity contribution in [2.75, 3.05) is 0 Å². The van der Waals surface area contributed by atoms with Crippen LogP contribution in [0.3, 0.4) is 0 Å². The number of hydrogen-bond acceptors (Lipinski definition) is 1. The quantitative estimate of drug-likeness (QED) is 0.156. The second-order valence-corrected chi connectivity index (χ2v) is 15.3. The third kappa shape index (κ3) is 5.01. The molecule has 1 aromatic heterocycles. The van der Waals surface area contributed by atoms with E-state index in [0.29, 0.717) is 0 Å². The second-order valence-electron chi connectivity index (χ2n) is 15.3. The molecule has 0 bridgehead atoms. The molecule has 10 aromatic rings. The van der Waals surface area contributed by atoms with E-state index in [1.807, 2.05) is 0 Å². The van der Waals surface area contributed by atoms with E-state index >= 15 is 0 Å². The van der Waals surface area contributed by atoms with E-state index in [1.165, 1.54) is 93.9 Å². The molecule has 56 heavy (non-hydrogen) atoms. The van der Waals surface area contributed by atoms with Crippen LogP contribution in [-0.2, 0) is 19.3 Å². The van der Waals surface area contributed by atoms with Crippen molar-refractivity contribution in [3.05, 3.63) is 192 Å². The minimum Gasteiger partial charge on any atom is -0.455 e. The van der Waals surface area contributed by atoms with Crippen molar-refractivity contribution >= 4 is 43.5 Å². The summed E-state index contributed by atoms with van der Waals surface area (Å²) in [6.45, 7) is 4.53. The van der Waals surface area contributed by atoms with Crippen LogP contribution in [0.15, 0.2) is 174 Å². The monoisotopic (exact) mass is 716 g/mol. The van der Waals surface area contributed by atoms with Crippen LogP contribution >= 0.6 is 0 Å². The minimum absolute atomic E-state index is 0.915. The Balaban J connectivity index is 1.19. The summed E-state index contributed by atoms with van der Waals surface area (Å²) in [5.41, 5.74) is 19.9. The van der Waals surface area contributed by atoms with E-state index in [2.05, 4.69) is 184 Å². The fourth-order valence-electron chi connectivity index (χ4n) is 9.72. The molecule has 266 valence electrons. The van der Waals surface area contributed by atoms with Gasteiger partial charge in [-0.15, -0.1) is 0 Å². The topological polar surface area (TPSA) is 13.1 Å². The molecule has 1 aliphatic rings. The zero-order valence-electron chi connectivity index (χ0n) is 31.7. The highest BCUT2D eigenvalue weighted by molar-refractivity contribution is 6.18. The molecular weight excluding hydrogens is 677 g/mol. The van der Waals surface area contributed by atoms with Crippen molar-refractivity contribution in [1.29, 1.82) is 0 Å². The Morgan fingerprint density at radius 3 is 2.07 bits per heavy atom. The Bertz CT molecular complexity index is 3180. The van der Waals surface area contributed by atoms with Gasteiger partial charge < -0.3 is 4.42 Å². The highest BCUT2D eigenvalue weighted by Crippen LogP contribution is 2.47. The molecule has 9 aromatic carbocycles. The molecule has 0 saturated carbocycles. The second kappa shape index (κ2) is 13.0. The Morgan fingerprint density at radius 1 is 0.446 bits per heavy atom. The fourth-order valence-corrected chi connectivity index (χ4v) is 9.72. The molecule has 1 heteroatoms. The molecular formula is C55H40O. The first-order valence-electron chi connectivity index (χ1n) is 19.9. The third-order valence-electron chi connectivity index (χ3n) is 12.4. The van der Waals surface area contributed by atoms with Crippen LogP contribution in [0.25, 0.3) is 99.1 Å². The van der Waals surface area contributed by atoms with Crippen molar-refractivity contribution < 1.29 is 4.42 Å². The Hall–Kier alpha value is -6.70. The summed E-state index contributed by atoms with van der Waals surface area (Å²) in [6, 6.07) is 62.8. The molecule has 1 aliphatic carbocycles. The Kier molecular flexibility index (Phi) is 7.57. The van der Waals surface area contributed by atoms with Crippen molar-refractivity contribution in [1.82, 2.24) is 0 Å². The van der Waals surface area contributed by atoms with E-state index in [4.69, 9.17) is 4.42 Å². The molecule has 0 fully saturated rings. The highest BCUT2D eigenvalue weighted by Gasteiger charge is 2.23. The van der Waals surface area contributed by atoms with Crippen LogP contribution < -0.4 is 0 Å². The number of fused-ring (bicyclic) bond motifs is 3. The van der Waals surface area contributed by atoms with Gasteiger partial charge in [0.15, 0.2) is 0 Å². The predicted octanol–water partition coefficient (Wildman–Crippen LogP) is 15.2. The first kappa shape index (κ1) is 32.7. The van der Waals surface area contributed by atoms with Crippen LogP contribution in [0.1, 0.15) is 29.2 Å². The van der Waals surface area contributed by atoms with Crippen LogP contribution in [0.4, 0.5) is 0 Å². The molecule has 0 unspecified atom stereocenters. The summed E-state index contributed by atoms with van der Waals surface area (Å²) in [5.74, 6) is 0. The molecule has 0 N–H and O–H groups in total. The number of benzene rings is 9. The molecule has 0 aliphatic heterocycles. The van der Waals surface area contributed by atoms with Gasteiger partial charge in [0, 0.05) is 16.3 Å². The average Bonchev–Trinajstić information content (AvgIpc) is 3.65. The third-order valence-corrected chi connectivity index (χ3v) is 12.4. The van der Waals surface area contributed by atoms with Crippen LogP contribution in [0.5, 0.6) is 0 Å². The largest absolute Gasteiger partial charge is 0.455 e. The van der Waals surface area contributed by atoms with Crippen molar-refractivity contribution in [3.8, 4) is 55.6 Å². The van der Waals surface area contributed by atoms with Gasteiger partial charge in [-0.25, -0.2) is 0 Å². The lowest BCUT2D eigenvalue weighted by atomic mass is 9.80. The van der Waals surface area contributed by atoms with Gasteiger partial charge in [0.05, 0.1) is 0 Å². The molecule has 0 saturated heterocycles. The number of para-hydroxylation sites is 2. The maximum Gasteiger partial charge on any atom is 0.143 e. The lowest BCUT2D eigenvalue weighted by Crippen LogP contribution is -2.04. The number of furan rings is 1. The van der Waals surface area contributed by atoms with E-state index in [0.717, 1.165) is 46.8 Å². The molecule has 0 atom stereocenters. The van der Waals surface area contributed by atoms with Crippen molar-refractivity contribution in [3.63, 3.8) is 0 Å². The summed E-state index contributed by atoms with van der Waals surface area (Å²) in [7, 11) is 0. The van der Waals surface area contributed by atoms with E-state index in [9.17, 15) is 0 Å². The lowest BCUT2D eigenvalue weighted by Gasteiger charge is -2.24. The van der Waals surface area contributed by atoms with Gasteiger partial charge in [-0.05, 0) is 132 Å². The van der Waals surface area contributed by atoms with Gasteiger partial charge >= 0.3 is 0 Å². The van der Waals surface area contributed by atoms with E-state index in [-0.39, 0.29) is 0 Å². The van der Waals surface area contributed by atoms with Crippen molar-refractivity contribution in [2.45, 2.75) is 33.1 Å². The zero-order chi connectivity index (χ0) is 37.3.